The molecular weight excluding hydrogens is 380 g/mol. The van der Waals surface area contributed by atoms with Crippen LogP contribution in [0.25, 0.3) is 0 Å². The summed E-state index contributed by atoms with van der Waals surface area (Å²) in [6, 6.07) is 5.59. The van der Waals surface area contributed by atoms with Gasteiger partial charge in [0.25, 0.3) is 0 Å². The van der Waals surface area contributed by atoms with Crippen LogP contribution in [0.3, 0.4) is 0 Å². The van der Waals surface area contributed by atoms with E-state index in [-0.39, 0.29) is 19.1 Å². The first-order valence-corrected chi connectivity index (χ1v) is 9.83. The summed E-state index contributed by atoms with van der Waals surface area (Å²) in [4.78, 5) is 14.3. The zero-order valence-electron chi connectivity index (χ0n) is 16.3. The van der Waals surface area contributed by atoms with Crippen molar-refractivity contribution < 1.29 is 14.6 Å². The number of halogens is 1. The first kappa shape index (κ1) is 20.6. The van der Waals surface area contributed by atoms with Crippen molar-refractivity contribution in [2.24, 2.45) is 7.05 Å². The molecule has 1 saturated heterocycles. The Bertz CT molecular complexity index is 826. The van der Waals surface area contributed by atoms with Crippen LogP contribution in [0.1, 0.15) is 24.8 Å². The lowest BCUT2D eigenvalue weighted by Crippen LogP contribution is -2.38. The van der Waals surface area contributed by atoms with Crippen LogP contribution in [0.2, 0.25) is 5.02 Å². The molecule has 28 heavy (non-hydrogen) atoms. The number of rotatable bonds is 6. The van der Waals surface area contributed by atoms with Gasteiger partial charge in [-0.05, 0) is 50.4 Å². The fraction of sp³-hybridized carbons (Fsp3) is 0.500. The van der Waals surface area contributed by atoms with Crippen molar-refractivity contribution in [2.75, 3.05) is 31.6 Å². The number of likely N-dealkylation sites (tertiary alicyclic amines) is 1. The lowest BCUT2D eigenvalue weighted by molar-refractivity contribution is -0.117. The molecule has 3 rings (SSSR count). The van der Waals surface area contributed by atoms with Gasteiger partial charge in [-0.1, -0.05) is 17.7 Å². The van der Waals surface area contributed by atoms with E-state index >= 15 is 0 Å². The van der Waals surface area contributed by atoms with E-state index in [1.54, 1.807) is 30.2 Å². The number of benzene rings is 1. The Morgan fingerprint density at radius 1 is 1.39 bits per heavy atom. The molecule has 1 aliphatic rings. The number of aliphatic hydroxyl groups is 1. The molecule has 1 aliphatic heterocycles. The summed E-state index contributed by atoms with van der Waals surface area (Å²) in [6.07, 6.45) is 5.33. The van der Waals surface area contributed by atoms with Gasteiger partial charge >= 0.3 is 0 Å². The molecule has 0 bridgehead atoms. The second-order valence-electron chi connectivity index (χ2n) is 7.53. The van der Waals surface area contributed by atoms with Crippen LogP contribution in [0.15, 0.2) is 30.6 Å². The van der Waals surface area contributed by atoms with Crippen molar-refractivity contribution in [2.45, 2.75) is 31.8 Å². The fourth-order valence-electron chi connectivity index (χ4n) is 3.36. The highest BCUT2D eigenvalue weighted by atomic mass is 35.5. The van der Waals surface area contributed by atoms with Gasteiger partial charge in [0, 0.05) is 19.8 Å². The highest BCUT2D eigenvalue weighted by Crippen LogP contribution is 2.28. The average Bonchev–Trinajstić information content (AvgIpc) is 2.95. The number of anilines is 1. The molecule has 0 saturated carbocycles. The van der Waals surface area contributed by atoms with Crippen LogP contribution in [0.5, 0.6) is 5.75 Å². The van der Waals surface area contributed by atoms with E-state index < -0.39 is 5.60 Å². The summed E-state index contributed by atoms with van der Waals surface area (Å²) in [5.74, 6) is 0.508. The lowest BCUT2D eigenvalue weighted by Gasteiger charge is -2.27. The summed E-state index contributed by atoms with van der Waals surface area (Å²) in [5.41, 5.74) is 0.807. The van der Waals surface area contributed by atoms with E-state index in [1.165, 1.54) is 0 Å². The molecule has 2 heterocycles. The molecule has 1 unspecified atom stereocenters. The number of nitrogens with one attached hydrogen (secondary N) is 1. The summed E-state index contributed by atoms with van der Waals surface area (Å²) >= 11 is 6.17. The van der Waals surface area contributed by atoms with Crippen LogP contribution in [0.4, 0.5) is 5.69 Å². The molecule has 2 N–H and O–H groups in total. The van der Waals surface area contributed by atoms with Gasteiger partial charge in [0.2, 0.25) is 5.91 Å². The highest BCUT2D eigenvalue weighted by Gasteiger charge is 2.31. The van der Waals surface area contributed by atoms with Gasteiger partial charge in [-0.3, -0.25) is 14.4 Å². The minimum absolute atomic E-state index is 0.0822. The highest BCUT2D eigenvalue weighted by molar-refractivity contribution is 6.32. The number of hydrogen-bond acceptors (Lipinski definition) is 5. The van der Waals surface area contributed by atoms with Crippen molar-refractivity contribution in [3.8, 4) is 5.75 Å². The second kappa shape index (κ2) is 8.94. The first-order valence-electron chi connectivity index (χ1n) is 9.45. The predicted octanol–water partition coefficient (Wildman–Crippen LogP) is 2.62. The summed E-state index contributed by atoms with van der Waals surface area (Å²) in [7, 11) is 1.80. The number of carbonyl (C=O) groups is 1. The Morgan fingerprint density at radius 3 is 2.96 bits per heavy atom. The third-order valence-corrected chi connectivity index (χ3v) is 5.26. The van der Waals surface area contributed by atoms with Crippen molar-refractivity contribution in [1.29, 1.82) is 0 Å². The lowest BCUT2D eigenvalue weighted by atomic mass is 9.96. The summed E-state index contributed by atoms with van der Waals surface area (Å²) in [5, 5.41) is 18.4. The Hall–Kier alpha value is -2.09. The van der Waals surface area contributed by atoms with Gasteiger partial charge < -0.3 is 15.2 Å². The number of carbonyl (C=O) groups excluding carboxylic acids is 1. The summed E-state index contributed by atoms with van der Waals surface area (Å²) in [6.45, 7) is 3.83. The normalized spacial score (nSPS) is 20.6. The third-order valence-electron chi connectivity index (χ3n) is 4.95. The monoisotopic (exact) mass is 406 g/mol. The standard InChI is InChI=1S/C20H27ClN4O3/c1-15-4-5-17(21)18(10-15)28-14-20(27)6-3-8-25(9-7-20)13-19(26)23-16-11-22-24(2)12-16/h4-5,10-12,27H,3,6-9,13-14H2,1-2H3,(H,23,26). The van der Waals surface area contributed by atoms with Crippen molar-refractivity contribution in [3.63, 3.8) is 0 Å². The van der Waals surface area contributed by atoms with Crippen molar-refractivity contribution in [3.05, 3.63) is 41.2 Å². The van der Waals surface area contributed by atoms with Crippen molar-refractivity contribution >= 4 is 23.2 Å². The first-order chi connectivity index (χ1) is 13.3. The van der Waals surface area contributed by atoms with E-state index in [9.17, 15) is 9.90 Å². The van der Waals surface area contributed by atoms with Gasteiger partial charge in [-0.2, -0.15) is 5.10 Å². The Balaban J connectivity index is 1.50. The van der Waals surface area contributed by atoms with Gasteiger partial charge in [0.1, 0.15) is 12.4 Å². The average molecular weight is 407 g/mol. The SMILES string of the molecule is Cc1ccc(Cl)c(OCC2(O)CCCN(CC(=O)Nc3cnn(C)c3)CC2)c1. The molecule has 0 radical (unpaired) electrons. The third kappa shape index (κ3) is 5.70. The molecule has 1 amide bonds. The number of ether oxygens (including phenoxy) is 1. The number of amides is 1. The van der Waals surface area contributed by atoms with E-state index in [4.69, 9.17) is 16.3 Å². The molecule has 0 aliphatic carbocycles. The zero-order valence-corrected chi connectivity index (χ0v) is 17.1. The topological polar surface area (TPSA) is 79.6 Å². The summed E-state index contributed by atoms with van der Waals surface area (Å²) < 4.78 is 7.47. The largest absolute Gasteiger partial charge is 0.489 e. The van der Waals surface area contributed by atoms with E-state index in [2.05, 4.69) is 15.3 Å². The van der Waals surface area contributed by atoms with Crippen LogP contribution in [-0.2, 0) is 11.8 Å². The Morgan fingerprint density at radius 2 is 2.21 bits per heavy atom. The zero-order chi connectivity index (χ0) is 20.1. The molecule has 8 heteroatoms. The molecule has 152 valence electrons. The van der Waals surface area contributed by atoms with Crippen LogP contribution < -0.4 is 10.1 Å². The number of aryl methyl sites for hydroxylation is 2. The molecule has 7 nitrogen and oxygen atoms in total. The van der Waals surface area contributed by atoms with E-state index in [0.29, 0.717) is 35.8 Å². The molecular formula is C20H27ClN4O3. The van der Waals surface area contributed by atoms with Crippen molar-refractivity contribution in [1.82, 2.24) is 14.7 Å². The van der Waals surface area contributed by atoms with E-state index in [0.717, 1.165) is 18.5 Å². The minimum Gasteiger partial charge on any atom is -0.489 e. The molecule has 1 atom stereocenters. The maximum absolute atomic E-state index is 12.3. The second-order valence-corrected chi connectivity index (χ2v) is 7.93. The van der Waals surface area contributed by atoms with Gasteiger partial charge in [-0.25, -0.2) is 0 Å². The number of nitrogens with zero attached hydrogens (tertiary/aromatic N) is 3. The van der Waals surface area contributed by atoms with Gasteiger partial charge in [0.05, 0.1) is 29.1 Å². The van der Waals surface area contributed by atoms with Crippen LogP contribution in [0, 0.1) is 6.92 Å². The molecule has 2 aromatic rings. The maximum Gasteiger partial charge on any atom is 0.238 e. The van der Waals surface area contributed by atoms with Gasteiger partial charge in [-0.15, -0.1) is 0 Å². The van der Waals surface area contributed by atoms with E-state index in [1.807, 2.05) is 19.1 Å². The molecule has 0 spiro atoms. The van der Waals surface area contributed by atoms with Gasteiger partial charge in [0.15, 0.2) is 0 Å². The van der Waals surface area contributed by atoms with Crippen LogP contribution >= 0.6 is 11.6 Å². The predicted molar refractivity (Wildman–Crippen MR) is 109 cm³/mol. The maximum atomic E-state index is 12.3. The fourth-order valence-corrected chi connectivity index (χ4v) is 3.53. The quantitative estimate of drug-likeness (QED) is 0.770. The smallest absolute Gasteiger partial charge is 0.238 e. The van der Waals surface area contributed by atoms with Crippen LogP contribution in [-0.4, -0.2) is 57.5 Å². The Kier molecular flexibility index (Phi) is 6.59. The number of aromatic nitrogens is 2. The molecule has 1 aromatic heterocycles. The number of hydrogen-bond donors (Lipinski definition) is 2. The minimum atomic E-state index is -0.929. The molecule has 1 fully saturated rings. The Labute approximate surface area is 170 Å². The molecule has 1 aromatic carbocycles.